The quantitative estimate of drug-likeness (QED) is 0.668. The molecule has 1 aliphatic rings. The van der Waals surface area contributed by atoms with Crippen molar-refractivity contribution in [1.29, 1.82) is 0 Å². The Bertz CT molecular complexity index is 121. The third kappa shape index (κ3) is 4.37. The molecule has 2 N–H and O–H groups in total. The summed E-state index contributed by atoms with van der Waals surface area (Å²) in [6, 6.07) is 0.504. The van der Waals surface area contributed by atoms with E-state index in [2.05, 4.69) is 6.26 Å². The van der Waals surface area contributed by atoms with E-state index in [1.165, 1.54) is 50.7 Å². The molecule has 0 heterocycles. The average Bonchev–Trinajstić information content (AvgIpc) is 2.65. The molecule has 0 radical (unpaired) electrons. The lowest BCUT2D eigenvalue weighted by atomic mass is 9.95. The largest absolute Gasteiger partial charge is 0.327 e. The van der Waals surface area contributed by atoms with Gasteiger partial charge < -0.3 is 5.73 Å². The number of hydrogen-bond donors (Lipinski definition) is 1. The highest BCUT2D eigenvalue weighted by molar-refractivity contribution is 7.98. The van der Waals surface area contributed by atoms with Crippen molar-refractivity contribution < 1.29 is 0 Å². The maximum Gasteiger partial charge on any atom is 0.00671 e. The molecule has 1 unspecified atom stereocenters. The van der Waals surface area contributed by atoms with Crippen LogP contribution in [0.3, 0.4) is 0 Å². The Labute approximate surface area is 86.8 Å². The molecule has 13 heavy (non-hydrogen) atoms. The van der Waals surface area contributed by atoms with Gasteiger partial charge >= 0.3 is 0 Å². The van der Waals surface area contributed by atoms with Gasteiger partial charge in [0.2, 0.25) is 0 Å². The second-order valence-corrected chi connectivity index (χ2v) is 5.18. The molecule has 0 aromatic carbocycles. The molecule has 0 aromatic rings. The number of thioether (sulfide) groups is 1. The average molecular weight is 201 g/mol. The van der Waals surface area contributed by atoms with Crippen LogP contribution in [0.15, 0.2) is 0 Å². The van der Waals surface area contributed by atoms with E-state index >= 15 is 0 Å². The minimum atomic E-state index is 0.504. The molecule has 0 spiro atoms. The Hall–Kier alpha value is 0.310. The standard InChI is InChI=1S/C11H23NS/c1-13-9-5-4-8-11(12)10-6-2-3-7-10/h10-11H,2-9,12H2,1H3. The van der Waals surface area contributed by atoms with Gasteiger partial charge in [-0.2, -0.15) is 11.8 Å². The summed E-state index contributed by atoms with van der Waals surface area (Å²) in [5.74, 6) is 2.16. The highest BCUT2D eigenvalue weighted by Gasteiger charge is 2.21. The summed E-state index contributed by atoms with van der Waals surface area (Å²) in [6.45, 7) is 0. The van der Waals surface area contributed by atoms with Crippen LogP contribution in [0.4, 0.5) is 0 Å². The van der Waals surface area contributed by atoms with E-state index in [1.807, 2.05) is 11.8 Å². The van der Waals surface area contributed by atoms with Crippen LogP contribution in [0.5, 0.6) is 0 Å². The van der Waals surface area contributed by atoms with Crippen LogP contribution in [0.1, 0.15) is 44.9 Å². The molecule has 1 atom stereocenters. The Morgan fingerprint density at radius 2 is 2.00 bits per heavy atom. The molecule has 78 valence electrons. The van der Waals surface area contributed by atoms with Crippen molar-refractivity contribution >= 4 is 11.8 Å². The van der Waals surface area contributed by atoms with Crippen molar-refractivity contribution in [2.45, 2.75) is 51.0 Å². The van der Waals surface area contributed by atoms with Gasteiger partial charge in [0.05, 0.1) is 0 Å². The van der Waals surface area contributed by atoms with Crippen molar-refractivity contribution in [3.8, 4) is 0 Å². The maximum absolute atomic E-state index is 6.15. The molecular weight excluding hydrogens is 178 g/mol. The number of unbranched alkanes of at least 4 members (excludes halogenated alkanes) is 1. The molecule has 0 aliphatic heterocycles. The van der Waals surface area contributed by atoms with Gasteiger partial charge in [-0.1, -0.05) is 19.3 Å². The zero-order valence-electron chi connectivity index (χ0n) is 8.80. The first-order valence-corrected chi connectivity index (χ1v) is 6.98. The van der Waals surface area contributed by atoms with Crippen LogP contribution in [0, 0.1) is 5.92 Å². The van der Waals surface area contributed by atoms with Gasteiger partial charge in [-0.25, -0.2) is 0 Å². The summed E-state index contributed by atoms with van der Waals surface area (Å²) >= 11 is 1.94. The summed E-state index contributed by atoms with van der Waals surface area (Å²) in [6.07, 6.45) is 11.7. The molecule has 1 fully saturated rings. The molecular formula is C11H23NS. The number of nitrogens with two attached hydrogens (primary N) is 1. The van der Waals surface area contributed by atoms with Gasteiger partial charge in [0.25, 0.3) is 0 Å². The van der Waals surface area contributed by atoms with Gasteiger partial charge in [0.1, 0.15) is 0 Å². The fraction of sp³-hybridized carbons (Fsp3) is 1.00. The van der Waals surface area contributed by atoms with E-state index in [-0.39, 0.29) is 0 Å². The normalized spacial score (nSPS) is 20.8. The molecule has 0 saturated heterocycles. The Kier molecular flexibility index (Phi) is 5.88. The third-order valence-electron chi connectivity index (χ3n) is 3.14. The SMILES string of the molecule is CSCCCCC(N)C1CCCC1. The molecule has 0 aromatic heterocycles. The second kappa shape index (κ2) is 6.72. The fourth-order valence-electron chi connectivity index (χ4n) is 2.25. The summed E-state index contributed by atoms with van der Waals surface area (Å²) in [4.78, 5) is 0. The molecule has 0 bridgehead atoms. The lowest BCUT2D eigenvalue weighted by Gasteiger charge is -2.18. The first-order chi connectivity index (χ1) is 6.34. The van der Waals surface area contributed by atoms with Crippen molar-refractivity contribution in [1.82, 2.24) is 0 Å². The monoisotopic (exact) mass is 201 g/mol. The third-order valence-corrected chi connectivity index (χ3v) is 3.84. The van der Waals surface area contributed by atoms with Crippen LogP contribution >= 0.6 is 11.8 Å². The zero-order chi connectivity index (χ0) is 9.52. The number of rotatable bonds is 6. The van der Waals surface area contributed by atoms with E-state index in [0.717, 1.165) is 5.92 Å². The molecule has 1 rings (SSSR count). The summed E-state index contributed by atoms with van der Waals surface area (Å²) in [5.41, 5.74) is 6.15. The topological polar surface area (TPSA) is 26.0 Å². The summed E-state index contributed by atoms with van der Waals surface area (Å²) < 4.78 is 0. The first kappa shape index (κ1) is 11.4. The Morgan fingerprint density at radius 3 is 2.62 bits per heavy atom. The van der Waals surface area contributed by atoms with Gasteiger partial charge in [-0.3, -0.25) is 0 Å². The lowest BCUT2D eigenvalue weighted by molar-refractivity contribution is 0.401. The smallest absolute Gasteiger partial charge is 0.00671 e. The molecule has 0 amide bonds. The minimum absolute atomic E-state index is 0.504. The van der Waals surface area contributed by atoms with Crippen molar-refractivity contribution in [3.63, 3.8) is 0 Å². The molecule has 1 nitrogen and oxygen atoms in total. The highest BCUT2D eigenvalue weighted by atomic mass is 32.2. The van der Waals surface area contributed by atoms with Crippen molar-refractivity contribution in [2.75, 3.05) is 12.0 Å². The predicted molar refractivity (Wildman–Crippen MR) is 62.2 cm³/mol. The minimum Gasteiger partial charge on any atom is -0.327 e. The summed E-state index contributed by atoms with van der Waals surface area (Å²) in [5, 5.41) is 0. The molecule has 2 heteroatoms. The Balaban J connectivity index is 1.99. The van der Waals surface area contributed by atoms with Gasteiger partial charge in [0, 0.05) is 6.04 Å². The van der Waals surface area contributed by atoms with Crippen LogP contribution in [-0.4, -0.2) is 18.1 Å². The van der Waals surface area contributed by atoms with Crippen molar-refractivity contribution in [2.24, 2.45) is 11.7 Å². The number of hydrogen-bond acceptors (Lipinski definition) is 2. The van der Waals surface area contributed by atoms with Gasteiger partial charge in [-0.15, -0.1) is 0 Å². The maximum atomic E-state index is 6.15. The van der Waals surface area contributed by atoms with Crippen LogP contribution in [-0.2, 0) is 0 Å². The second-order valence-electron chi connectivity index (χ2n) is 4.20. The van der Waals surface area contributed by atoms with E-state index in [4.69, 9.17) is 5.73 Å². The van der Waals surface area contributed by atoms with Crippen LogP contribution in [0.25, 0.3) is 0 Å². The van der Waals surface area contributed by atoms with E-state index in [1.54, 1.807) is 0 Å². The zero-order valence-corrected chi connectivity index (χ0v) is 9.61. The summed E-state index contributed by atoms with van der Waals surface area (Å²) in [7, 11) is 0. The molecule has 1 saturated carbocycles. The Morgan fingerprint density at radius 1 is 1.31 bits per heavy atom. The highest BCUT2D eigenvalue weighted by Crippen LogP contribution is 2.28. The van der Waals surface area contributed by atoms with E-state index in [9.17, 15) is 0 Å². The van der Waals surface area contributed by atoms with Gasteiger partial charge in [-0.05, 0) is 43.6 Å². The lowest BCUT2D eigenvalue weighted by Crippen LogP contribution is -2.28. The van der Waals surface area contributed by atoms with E-state index < -0.39 is 0 Å². The van der Waals surface area contributed by atoms with Crippen molar-refractivity contribution in [3.05, 3.63) is 0 Å². The van der Waals surface area contributed by atoms with Crippen LogP contribution in [0.2, 0.25) is 0 Å². The fourth-order valence-corrected chi connectivity index (χ4v) is 2.74. The first-order valence-electron chi connectivity index (χ1n) is 5.59. The van der Waals surface area contributed by atoms with E-state index in [0.29, 0.717) is 6.04 Å². The van der Waals surface area contributed by atoms with Gasteiger partial charge in [0.15, 0.2) is 0 Å². The predicted octanol–water partition coefficient (Wildman–Crippen LogP) is 3.04. The molecule has 1 aliphatic carbocycles. The van der Waals surface area contributed by atoms with Crippen LogP contribution < -0.4 is 5.73 Å².